The van der Waals surface area contributed by atoms with Crippen LogP contribution in [0.1, 0.15) is 40.5 Å². The molecule has 3 nitrogen and oxygen atoms in total. The first-order valence-corrected chi connectivity index (χ1v) is 7.71. The minimum atomic E-state index is 0.753. The van der Waals surface area contributed by atoms with Gasteiger partial charge in [0.2, 0.25) is 0 Å². The summed E-state index contributed by atoms with van der Waals surface area (Å²) in [7, 11) is 0. The van der Waals surface area contributed by atoms with Gasteiger partial charge in [-0.25, -0.2) is 0 Å². The van der Waals surface area contributed by atoms with Crippen LogP contribution in [0.3, 0.4) is 0 Å². The van der Waals surface area contributed by atoms with Crippen molar-refractivity contribution in [1.82, 2.24) is 10.2 Å². The maximum Gasteiger partial charge on any atom is 0.0593 e. The predicted molar refractivity (Wildman–Crippen MR) is 78.0 cm³/mol. The first-order chi connectivity index (χ1) is 8.69. The third-order valence-corrected chi connectivity index (χ3v) is 3.94. The van der Waals surface area contributed by atoms with E-state index in [1.165, 1.54) is 19.4 Å². The Morgan fingerprint density at radius 1 is 1.28 bits per heavy atom. The van der Waals surface area contributed by atoms with Gasteiger partial charge in [0, 0.05) is 19.2 Å². The van der Waals surface area contributed by atoms with Gasteiger partial charge in [0.25, 0.3) is 0 Å². The van der Waals surface area contributed by atoms with Crippen LogP contribution in [-0.4, -0.2) is 50.3 Å². The molecule has 0 heterocycles. The summed E-state index contributed by atoms with van der Waals surface area (Å²) in [6.45, 7) is 15.2. The van der Waals surface area contributed by atoms with Crippen LogP contribution in [0.15, 0.2) is 0 Å². The lowest BCUT2D eigenvalue weighted by Crippen LogP contribution is -2.51. The van der Waals surface area contributed by atoms with Gasteiger partial charge in [-0.3, -0.25) is 4.90 Å². The van der Waals surface area contributed by atoms with Crippen LogP contribution in [-0.2, 0) is 4.74 Å². The molecule has 2 unspecified atom stereocenters. The van der Waals surface area contributed by atoms with E-state index in [4.69, 9.17) is 4.74 Å². The van der Waals surface area contributed by atoms with E-state index in [9.17, 15) is 0 Å². The third-order valence-electron chi connectivity index (χ3n) is 3.94. The van der Waals surface area contributed by atoms with Gasteiger partial charge >= 0.3 is 0 Å². The van der Waals surface area contributed by atoms with Crippen molar-refractivity contribution in [2.75, 3.05) is 39.4 Å². The largest absolute Gasteiger partial charge is 0.380 e. The van der Waals surface area contributed by atoms with Gasteiger partial charge < -0.3 is 10.1 Å². The summed E-state index contributed by atoms with van der Waals surface area (Å²) in [6, 6.07) is 0.787. The van der Waals surface area contributed by atoms with E-state index in [0.29, 0.717) is 0 Å². The fraction of sp³-hybridized carbons (Fsp3) is 1.00. The average molecular weight is 256 g/mol. The van der Waals surface area contributed by atoms with E-state index in [-0.39, 0.29) is 0 Å². The maximum atomic E-state index is 5.48. The van der Waals surface area contributed by atoms with Gasteiger partial charge in [-0.2, -0.15) is 0 Å². The molecular formula is C15H32N2O. The zero-order valence-corrected chi connectivity index (χ0v) is 12.7. The lowest BCUT2D eigenvalue weighted by molar-refractivity contribution is 0.0356. The Morgan fingerprint density at radius 2 is 2.06 bits per heavy atom. The van der Waals surface area contributed by atoms with Crippen molar-refractivity contribution in [2.24, 2.45) is 11.8 Å². The minimum Gasteiger partial charge on any atom is -0.380 e. The number of rotatable bonds is 10. The molecule has 1 fully saturated rings. The second-order valence-electron chi connectivity index (χ2n) is 5.78. The Balaban J connectivity index is 2.21. The Labute approximate surface area is 113 Å². The standard InChI is InChI=1S/C15H32N2O/c1-5-17(9-10-18-6-2)15-8-7-14(15)12-16-11-13(3)4/h13-16H,5-12H2,1-4H3. The highest BCUT2D eigenvalue weighted by molar-refractivity contribution is 4.89. The quantitative estimate of drug-likeness (QED) is 0.607. The zero-order valence-electron chi connectivity index (χ0n) is 12.7. The van der Waals surface area contributed by atoms with E-state index in [2.05, 4.69) is 37.9 Å². The number of hydrogen-bond donors (Lipinski definition) is 1. The molecule has 0 radical (unpaired) electrons. The molecule has 1 rings (SSSR count). The normalized spacial score (nSPS) is 23.7. The van der Waals surface area contributed by atoms with Crippen LogP contribution in [0.2, 0.25) is 0 Å². The topological polar surface area (TPSA) is 24.5 Å². The first-order valence-electron chi connectivity index (χ1n) is 7.71. The van der Waals surface area contributed by atoms with Crippen molar-refractivity contribution in [3.05, 3.63) is 0 Å². The maximum absolute atomic E-state index is 5.48. The van der Waals surface area contributed by atoms with E-state index in [1.807, 2.05) is 0 Å². The summed E-state index contributed by atoms with van der Waals surface area (Å²) in [5, 5.41) is 3.61. The molecule has 0 aromatic rings. The summed E-state index contributed by atoms with van der Waals surface area (Å²) >= 11 is 0. The Morgan fingerprint density at radius 3 is 2.56 bits per heavy atom. The highest BCUT2D eigenvalue weighted by Crippen LogP contribution is 2.31. The average Bonchev–Trinajstić information content (AvgIpc) is 2.31. The lowest BCUT2D eigenvalue weighted by Gasteiger charge is -2.44. The summed E-state index contributed by atoms with van der Waals surface area (Å²) in [6.07, 6.45) is 2.76. The van der Waals surface area contributed by atoms with Crippen LogP contribution < -0.4 is 5.32 Å². The van der Waals surface area contributed by atoms with Crippen molar-refractivity contribution in [3.63, 3.8) is 0 Å². The van der Waals surface area contributed by atoms with Crippen LogP contribution in [0.25, 0.3) is 0 Å². The summed E-state index contributed by atoms with van der Waals surface area (Å²) in [5.74, 6) is 1.61. The van der Waals surface area contributed by atoms with E-state index >= 15 is 0 Å². The number of nitrogens with zero attached hydrogens (tertiary/aromatic N) is 1. The predicted octanol–water partition coefficient (Wildman–Crippen LogP) is 2.37. The van der Waals surface area contributed by atoms with Gasteiger partial charge in [0.1, 0.15) is 0 Å². The van der Waals surface area contributed by atoms with E-state index in [1.54, 1.807) is 0 Å². The molecule has 3 heteroatoms. The fourth-order valence-corrected chi connectivity index (χ4v) is 2.71. The highest BCUT2D eigenvalue weighted by atomic mass is 16.5. The van der Waals surface area contributed by atoms with Gasteiger partial charge in [0.05, 0.1) is 6.61 Å². The molecule has 0 aromatic carbocycles. The Bertz CT molecular complexity index is 209. The molecule has 0 amide bonds. The van der Waals surface area contributed by atoms with Crippen LogP contribution in [0.5, 0.6) is 0 Å². The third kappa shape index (κ3) is 5.25. The SMILES string of the molecule is CCOCCN(CC)C1CCC1CNCC(C)C. The second-order valence-corrected chi connectivity index (χ2v) is 5.78. The fourth-order valence-electron chi connectivity index (χ4n) is 2.71. The minimum absolute atomic E-state index is 0.753. The molecule has 2 atom stereocenters. The molecule has 0 saturated heterocycles. The molecule has 1 aliphatic carbocycles. The smallest absolute Gasteiger partial charge is 0.0593 e. The summed E-state index contributed by atoms with van der Waals surface area (Å²) in [5.41, 5.74) is 0. The van der Waals surface area contributed by atoms with Crippen molar-refractivity contribution in [3.8, 4) is 0 Å². The Kier molecular flexibility index (Phi) is 7.87. The molecule has 0 spiro atoms. The van der Waals surface area contributed by atoms with Gasteiger partial charge in [-0.15, -0.1) is 0 Å². The molecule has 1 N–H and O–H groups in total. The molecule has 18 heavy (non-hydrogen) atoms. The Hall–Kier alpha value is -0.120. The first kappa shape index (κ1) is 15.9. The molecular weight excluding hydrogens is 224 g/mol. The molecule has 0 aromatic heterocycles. The second kappa shape index (κ2) is 8.89. The molecule has 108 valence electrons. The number of likely N-dealkylation sites (N-methyl/N-ethyl adjacent to an activating group) is 1. The number of nitrogens with one attached hydrogen (secondary N) is 1. The lowest BCUT2D eigenvalue weighted by atomic mass is 9.78. The summed E-state index contributed by atoms with van der Waals surface area (Å²) < 4.78 is 5.48. The van der Waals surface area contributed by atoms with E-state index < -0.39 is 0 Å². The summed E-state index contributed by atoms with van der Waals surface area (Å²) in [4.78, 5) is 2.60. The molecule has 0 bridgehead atoms. The molecule has 1 aliphatic rings. The number of ether oxygens (including phenoxy) is 1. The molecule has 0 aliphatic heterocycles. The highest BCUT2D eigenvalue weighted by Gasteiger charge is 2.34. The van der Waals surface area contributed by atoms with Gasteiger partial charge in [-0.1, -0.05) is 20.8 Å². The van der Waals surface area contributed by atoms with E-state index in [0.717, 1.165) is 50.7 Å². The van der Waals surface area contributed by atoms with Crippen molar-refractivity contribution in [2.45, 2.75) is 46.6 Å². The zero-order chi connectivity index (χ0) is 13.4. The van der Waals surface area contributed by atoms with Crippen molar-refractivity contribution >= 4 is 0 Å². The van der Waals surface area contributed by atoms with Gasteiger partial charge in [-0.05, 0) is 51.2 Å². The van der Waals surface area contributed by atoms with Crippen LogP contribution in [0, 0.1) is 11.8 Å². The monoisotopic (exact) mass is 256 g/mol. The number of hydrogen-bond acceptors (Lipinski definition) is 3. The van der Waals surface area contributed by atoms with Crippen molar-refractivity contribution in [1.29, 1.82) is 0 Å². The van der Waals surface area contributed by atoms with Crippen LogP contribution in [0.4, 0.5) is 0 Å². The van der Waals surface area contributed by atoms with Crippen molar-refractivity contribution < 1.29 is 4.74 Å². The van der Waals surface area contributed by atoms with Gasteiger partial charge in [0.15, 0.2) is 0 Å². The molecule has 1 saturated carbocycles. The van der Waals surface area contributed by atoms with Crippen LogP contribution >= 0.6 is 0 Å².